The standard InChI is InChI=1S/C21H29N9O2.2C2H6/c1-13(2)6-7-16(31)23-14-8-9-30(10-14)21-25-18(17-19(26-21)28(3)12-22-17)24-15-11-29(4)27-20(15)32-5;2*1-2/h6-7,11-14H,8-10H2,1-5H3,(H,23,31)(H,24,25,26);2*1-2H3/b7-6+;;. The van der Waals surface area contributed by atoms with E-state index < -0.39 is 0 Å². The first-order valence-electron chi connectivity index (χ1n) is 12.6. The van der Waals surface area contributed by atoms with Crippen LogP contribution in [0.5, 0.6) is 5.88 Å². The first-order valence-corrected chi connectivity index (χ1v) is 12.6. The van der Waals surface area contributed by atoms with E-state index in [0.717, 1.165) is 13.0 Å². The molecule has 1 amide bonds. The molecular formula is C25H41N9O2. The van der Waals surface area contributed by atoms with Crippen LogP contribution in [0.4, 0.5) is 17.5 Å². The van der Waals surface area contributed by atoms with E-state index in [2.05, 4.69) is 25.6 Å². The predicted molar refractivity (Wildman–Crippen MR) is 145 cm³/mol. The van der Waals surface area contributed by atoms with Crippen LogP contribution >= 0.6 is 0 Å². The zero-order valence-electron chi connectivity index (χ0n) is 23.0. The molecule has 198 valence electrons. The summed E-state index contributed by atoms with van der Waals surface area (Å²) in [6.07, 6.45) is 7.86. The Kier molecular flexibility index (Phi) is 10.7. The average molecular weight is 500 g/mol. The molecule has 3 aromatic rings. The highest BCUT2D eigenvalue weighted by molar-refractivity contribution is 5.88. The molecule has 11 heteroatoms. The summed E-state index contributed by atoms with van der Waals surface area (Å²) in [5.74, 6) is 1.89. The van der Waals surface area contributed by atoms with Gasteiger partial charge < -0.3 is 24.8 Å². The van der Waals surface area contributed by atoms with E-state index in [1.807, 2.05) is 72.5 Å². The van der Waals surface area contributed by atoms with E-state index in [0.29, 0.717) is 47.0 Å². The molecule has 1 aliphatic rings. The Morgan fingerprint density at radius 2 is 1.92 bits per heavy atom. The molecule has 4 heterocycles. The van der Waals surface area contributed by atoms with Crippen molar-refractivity contribution in [2.24, 2.45) is 20.0 Å². The van der Waals surface area contributed by atoms with Crippen molar-refractivity contribution in [1.82, 2.24) is 34.6 Å². The van der Waals surface area contributed by atoms with Gasteiger partial charge in [0.25, 0.3) is 5.88 Å². The van der Waals surface area contributed by atoms with Crippen LogP contribution in [0.15, 0.2) is 24.7 Å². The third kappa shape index (κ3) is 6.96. The molecular weight excluding hydrogens is 458 g/mol. The minimum atomic E-state index is -0.0698. The Bertz CT molecular complexity index is 1150. The first-order chi connectivity index (χ1) is 17.3. The Morgan fingerprint density at radius 3 is 2.58 bits per heavy atom. The van der Waals surface area contributed by atoms with E-state index in [-0.39, 0.29) is 11.9 Å². The van der Waals surface area contributed by atoms with Crippen LogP contribution in [0.3, 0.4) is 0 Å². The number of allylic oxidation sites excluding steroid dienone is 1. The van der Waals surface area contributed by atoms with Gasteiger partial charge >= 0.3 is 0 Å². The molecule has 0 saturated carbocycles. The number of rotatable bonds is 7. The lowest BCUT2D eigenvalue weighted by molar-refractivity contribution is -0.117. The maximum atomic E-state index is 12.2. The number of methoxy groups -OCH3 is 1. The zero-order valence-corrected chi connectivity index (χ0v) is 23.0. The van der Waals surface area contributed by atoms with Crippen molar-refractivity contribution < 1.29 is 9.53 Å². The number of carbonyl (C=O) groups is 1. The fourth-order valence-corrected chi connectivity index (χ4v) is 3.64. The van der Waals surface area contributed by atoms with Crippen molar-refractivity contribution >= 4 is 34.5 Å². The van der Waals surface area contributed by atoms with Gasteiger partial charge in [0, 0.05) is 33.2 Å². The second kappa shape index (κ2) is 13.5. The summed E-state index contributed by atoms with van der Waals surface area (Å²) >= 11 is 0. The molecule has 0 bridgehead atoms. The summed E-state index contributed by atoms with van der Waals surface area (Å²) in [6.45, 7) is 13.5. The molecule has 3 aromatic heterocycles. The van der Waals surface area contributed by atoms with Crippen LogP contribution in [-0.4, -0.2) is 61.4 Å². The number of aromatic nitrogens is 6. The molecule has 4 rings (SSSR count). The summed E-state index contributed by atoms with van der Waals surface area (Å²) in [6, 6.07) is 0.0416. The lowest BCUT2D eigenvalue weighted by atomic mass is 10.2. The lowest BCUT2D eigenvalue weighted by Gasteiger charge is -2.18. The number of imidazole rings is 1. The monoisotopic (exact) mass is 499 g/mol. The number of hydrogen-bond acceptors (Lipinski definition) is 8. The van der Waals surface area contributed by atoms with E-state index in [4.69, 9.17) is 14.7 Å². The molecule has 0 aliphatic carbocycles. The Labute approximate surface area is 214 Å². The molecule has 1 aliphatic heterocycles. The Balaban J connectivity index is 0.00000109. The van der Waals surface area contributed by atoms with Gasteiger partial charge in [-0.2, -0.15) is 9.97 Å². The van der Waals surface area contributed by atoms with Gasteiger partial charge in [-0.1, -0.05) is 47.6 Å². The van der Waals surface area contributed by atoms with E-state index in [1.54, 1.807) is 24.2 Å². The van der Waals surface area contributed by atoms with Crippen LogP contribution in [0.1, 0.15) is 48.0 Å². The molecule has 0 radical (unpaired) electrons. The minimum Gasteiger partial charge on any atom is -0.478 e. The summed E-state index contributed by atoms with van der Waals surface area (Å²) < 4.78 is 8.88. The highest BCUT2D eigenvalue weighted by atomic mass is 16.5. The summed E-state index contributed by atoms with van der Waals surface area (Å²) in [7, 11) is 5.30. The molecule has 0 spiro atoms. The normalized spacial score (nSPS) is 14.9. The number of carbonyl (C=O) groups excluding carboxylic acids is 1. The highest BCUT2D eigenvalue weighted by Gasteiger charge is 2.27. The second-order valence-electron chi connectivity index (χ2n) is 8.29. The molecule has 36 heavy (non-hydrogen) atoms. The van der Waals surface area contributed by atoms with E-state index >= 15 is 0 Å². The largest absolute Gasteiger partial charge is 0.478 e. The molecule has 1 fully saturated rings. The van der Waals surface area contributed by atoms with Gasteiger partial charge in [-0.25, -0.2) is 4.98 Å². The van der Waals surface area contributed by atoms with Crippen LogP contribution in [-0.2, 0) is 18.9 Å². The van der Waals surface area contributed by atoms with Gasteiger partial charge in [0.05, 0.1) is 19.6 Å². The van der Waals surface area contributed by atoms with Crippen molar-refractivity contribution in [1.29, 1.82) is 0 Å². The molecule has 1 unspecified atom stereocenters. The van der Waals surface area contributed by atoms with E-state index in [9.17, 15) is 4.79 Å². The van der Waals surface area contributed by atoms with Crippen molar-refractivity contribution in [3.63, 3.8) is 0 Å². The van der Waals surface area contributed by atoms with Crippen LogP contribution in [0.2, 0.25) is 0 Å². The van der Waals surface area contributed by atoms with Crippen molar-refractivity contribution in [3.8, 4) is 5.88 Å². The second-order valence-corrected chi connectivity index (χ2v) is 8.29. The quantitative estimate of drug-likeness (QED) is 0.472. The molecule has 11 nitrogen and oxygen atoms in total. The van der Waals surface area contributed by atoms with Gasteiger partial charge in [0.2, 0.25) is 11.9 Å². The number of hydrogen-bond donors (Lipinski definition) is 2. The van der Waals surface area contributed by atoms with Crippen molar-refractivity contribution in [2.75, 3.05) is 30.4 Å². The maximum Gasteiger partial charge on any atom is 0.256 e. The van der Waals surface area contributed by atoms with Crippen LogP contribution in [0, 0.1) is 5.92 Å². The molecule has 1 saturated heterocycles. The first kappa shape index (κ1) is 28.6. The van der Waals surface area contributed by atoms with Crippen LogP contribution < -0.4 is 20.3 Å². The third-order valence-electron chi connectivity index (χ3n) is 5.24. The van der Waals surface area contributed by atoms with Gasteiger partial charge in [-0.15, -0.1) is 5.10 Å². The predicted octanol–water partition coefficient (Wildman–Crippen LogP) is 3.81. The minimum absolute atomic E-state index is 0.0416. The highest BCUT2D eigenvalue weighted by Crippen LogP contribution is 2.30. The topological polar surface area (TPSA) is 115 Å². The fourth-order valence-electron chi connectivity index (χ4n) is 3.64. The Morgan fingerprint density at radius 1 is 1.19 bits per heavy atom. The fraction of sp³-hybridized carbons (Fsp3) is 0.560. The molecule has 2 N–H and O–H groups in total. The van der Waals surface area contributed by atoms with Crippen LogP contribution in [0.25, 0.3) is 11.2 Å². The molecule has 0 aromatic carbocycles. The molecule has 1 atom stereocenters. The lowest BCUT2D eigenvalue weighted by Crippen LogP contribution is -2.36. The number of nitrogens with one attached hydrogen (secondary N) is 2. The third-order valence-corrected chi connectivity index (χ3v) is 5.24. The van der Waals surface area contributed by atoms with Gasteiger partial charge in [-0.05, 0) is 18.4 Å². The zero-order chi connectivity index (χ0) is 26.8. The number of aryl methyl sites for hydroxylation is 2. The average Bonchev–Trinajstić information content (AvgIpc) is 3.59. The van der Waals surface area contributed by atoms with Gasteiger partial charge in [0.15, 0.2) is 17.0 Å². The van der Waals surface area contributed by atoms with E-state index in [1.165, 1.54) is 0 Å². The Hall–Kier alpha value is -3.63. The van der Waals surface area contributed by atoms with Gasteiger partial charge in [-0.3, -0.25) is 9.48 Å². The van der Waals surface area contributed by atoms with Crippen molar-refractivity contribution in [3.05, 3.63) is 24.7 Å². The number of ether oxygens (including phenoxy) is 1. The number of fused-ring (bicyclic) bond motifs is 1. The summed E-state index contributed by atoms with van der Waals surface area (Å²) in [5.41, 5.74) is 2.06. The maximum absolute atomic E-state index is 12.2. The number of amides is 1. The smallest absolute Gasteiger partial charge is 0.256 e. The number of anilines is 3. The summed E-state index contributed by atoms with van der Waals surface area (Å²) in [5, 5.41) is 10.6. The summed E-state index contributed by atoms with van der Waals surface area (Å²) in [4.78, 5) is 28.2. The number of nitrogens with zero attached hydrogens (tertiary/aromatic N) is 7. The van der Waals surface area contributed by atoms with Crippen molar-refractivity contribution in [2.45, 2.75) is 54.0 Å². The SMILES string of the molecule is CC.CC.COc1nn(C)cc1Nc1nc(N2CCC(NC(=O)/C=C/C(C)C)C2)nc2c1ncn2C. The van der Waals surface area contributed by atoms with Gasteiger partial charge in [0.1, 0.15) is 5.69 Å².